The van der Waals surface area contributed by atoms with E-state index in [2.05, 4.69) is 10.1 Å². The van der Waals surface area contributed by atoms with Crippen LogP contribution in [0.3, 0.4) is 0 Å². The van der Waals surface area contributed by atoms with Gasteiger partial charge >= 0.3 is 5.97 Å². The monoisotopic (exact) mass is 400 g/mol. The van der Waals surface area contributed by atoms with Crippen molar-refractivity contribution in [2.24, 2.45) is 0 Å². The van der Waals surface area contributed by atoms with Gasteiger partial charge in [0.15, 0.2) is 0 Å². The number of hydrogen-bond acceptors (Lipinski definition) is 10. The summed E-state index contributed by atoms with van der Waals surface area (Å²) in [5.74, 6) is -1.52. The Morgan fingerprint density at radius 2 is 1.68 bits per heavy atom. The topological polar surface area (TPSA) is 185 Å². The Labute approximate surface area is 158 Å². The molecule has 0 aliphatic carbocycles. The molecular formula is C15H20N4O9. The lowest BCUT2D eigenvalue weighted by atomic mass is 10.1. The Bertz CT molecular complexity index is 747. The van der Waals surface area contributed by atoms with Crippen LogP contribution < -0.4 is 10.2 Å². The van der Waals surface area contributed by atoms with Gasteiger partial charge in [0.2, 0.25) is 0 Å². The van der Waals surface area contributed by atoms with Crippen LogP contribution in [-0.4, -0.2) is 71.9 Å². The maximum atomic E-state index is 12.4. The molecule has 0 atom stereocenters. The van der Waals surface area contributed by atoms with Crippen LogP contribution in [0, 0.1) is 20.2 Å². The quantitative estimate of drug-likeness (QED) is 0.250. The van der Waals surface area contributed by atoms with Gasteiger partial charge in [0.05, 0.1) is 42.7 Å². The molecule has 1 amide bonds. The number of carbonyl (C=O) groups is 2. The number of aliphatic hydroxyl groups is 2. The minimum atomic E-state index is -0.936. The fourth-order valence-electron chi connectivity index (χ4n) is 2.37. The summed E-state index contributed by atoms with van der Waals surface area (Å²) in [6.45, 7) is -1.19. The standard InChI is InChI=1S/C15H20N4O9/c1-28-14(22)2-3-16-15(23)10-8-12(17(4-6-20)5-7-21)13(19(26)27)9-11(10)18(24)25/h8-9,20-21H,2-7H2,1H3,(H,16,23). The molecule has 154 valence electrons. The van der Waals surface area contributed by atoms with Gasteiger partial charge in [0.1, 0.15) is 11.3 Å². The van der Waals surface area contributed by atoms with Crippen LogP contribution in [0.1, 0.15) is 16.8 Å². The molecule has 0 unspecified atom stereocenters. The van der Waals surface area contributed by atoms with E-state index in [1.165, 1.54) is 4.90 Å². The van der Waals surface area contributed by atoms with E-state index in [1.54, 1.807) is 0 Å². The van der Waals surface area contributed by atoms with E-state index in [1.807, 2.05) is 0 Å². The molecule has 3 N–H and O–H groups in total. The number of esters is 1. The molecule has 0 bridgehead atoms. The number of benzene rings is 1. The largest absolute Gasteiger partial charge is 0.469 e. The highest BCUT2D eigenvalue weighted by Gasteiger charge is 2.30. The number of carbonyl (C=O) groups excluding carboxylic acids is 2. The minimum absolute atomic E-state index is 0.109. The first-order valence-electron chi connectivity index (χ1n) is 8.05. The predicted octanol–water partition coefficient (Wildman–Crippen LogP) is -0.413. The van der Waals surface area contributed by atoms with Crippen molar-refractivity contribution in [3.8, 4) is 0 Å². The SMILES string of the molecule is COC(=O)CCNC(=O)c1cc(N(CCO)CCO)c([N+](=O)[O-])cc1[N+](=O)[O-]. The van der Waals surface area contributed by atoms with Gasteiger partial charge in [-0.05, 0) is 6.07 Å². The second-order valence-corrected chi connectivity index (χ2v) is 5.39. The normalized spacial score (nSPS) is 10.2. The third kappa shape index (κ3) is 5.85. The zero-order chi connectivity index (χ0) is 21.3. The van der Waals surface area contributed by atoms with Crippen LogP contribution in [0.4, 0.5) is 17.1 Å². The third-order valence-corrected chi connectivity index (χ3v) is 3.65. The number of nitrogens with one attached hydrogen (secondary N) is 1. The Morgan fingerprint density at radius 1 is 1.11 bits per heavy atom. The van der Waals surface area contributed by atoms with Crippen molar-refractivity contribution in [3.63, 3.8) is 0 Å². The van der Waals surface area contributed by atoms with Crippen molar-refractivity contribution in [1.29, 1.82) is 0 Å². The van der Waals surface area contributed by atoms with Crippen LogP contribution in [-0.2, 0) is 9.53 Å². The van der Waals surface area contributed by atoms with Crippen LogP contribution in [0.2, 0.25) is 0 Å². The van der Waals surface area contributed by atoms with Gasteiger partial charge in [0.25, 0.3) is 17.3 Å². The van der Waals surface area contributed by atoms with Gasteiger partial charge < -0.3 is 25.2 Å². The molecule has 0 fully saturated rings. The first-order chi connectivity index (χ1) is 13.3. The van der Waals surface area contributed by atoms with E-state index < -0.39 is 51.9 Å². The molecule has 0 spiro atoms. The van der Waals surface area contributed by atoms with Crippen LogP contribution >= 0.6 is 0 Å². The zero-order valence-electron chi connectivity index (χ0n) is 15.0. The van der Waals surface area contributed by atoms with Crippen LogP contribution in [0.25, 0.3) is 0 Å². The second-order valence-electron chi connectivity index (χ2n) is 5.39. The highest BCUT2D eigenvalue weighted by molar-refractivity contribution is 6.00. The average molecular weight is 400 g/mol. The number of methoxy groups -OCH3 is 1. The van der Waals surface area contributed by atoms with Gasteiger partial charge in [-0.3, -0.25) is 29.8 Å². The Morgan fingerprint density at radius 3 is 2.14 bits per heavy atom. The zero-order valence-corrected chi connectivity index (χ0v) is 15.0. The molecule has 0 saturated heterocycles. The molecule has 1 rings (SSSR count). The summed E-state index contributed by atoms with van der Waals surface area (Å²) in [6.07, 6.45) is -0.170. The second kappa shape index (κ2) is 10.7. The maximum Gasteiger partial charge on any atom is 0.307 e. The molecule has 1 aromatic carbocycles. The predicted molar refractivity (Wildman–Crippen MR) is 95.1 cm³/mol. The molecule has 28 heavy (non-hydrogen) atoms. The molecule has 0 aliphatic rings. The smallest absolute Gasteiger partial charge is 0.307 e. The average Bonchev–Trinajstić information content (AvgIpc) is 2.66. The summed E-state index contributed by atoms with van der Waals surface area (Å²) in [6, 6.07) is 1.60. The van der Waals surface area contributed by atoms with Gasteiger partial charge in [-0.1, -0.05) is 0 Å². The third-order valence-electron chi connectivity index (χ3n) is 3.65. The number of nitro groups is 2. The van der Waals surface area contributed by atoms with E-state index in [0.29, 0.717) is 6.07 Å². The highest BCUT2D eigenvalue weighted by Crippen LogP contribution is 2.35. The molecule has 0 aliphatic heterocycles. The Balaban J connectivity index is 3.38. The first-order valence-corrected chi connectivity index (χ1v) is 8.05. The van der Waals surface area contributed by atoms with E-state index in [-0.39, 0.29) is 31.7 Å². The van der Waals surface area contributed by atoms with E-state index >= 15 is 0 Å². The van der Waals surface area contributed by atoms with E-state index in [9.17, 15) is 29.8 Å². The van der Waals surface area contributed by atoms with E-state index in [4.69, 9.17) is 10.2 Å². The minimum Gasteiger partial charge on any atom is -0.469 e. The van der Waals surface area contributed by atoms with Gasteiger partial charge in [-0.15, -0.1) is 0 Å². The van der Waals surface area contributed by atoms with Crippen LogP contribution in [0.15, 0.2) is 12.1 Å². The summed E-state index contributed by atoms with van der Waals surface area (Å²) in [4.78, 5) is 45.5. The number of nitrogens with zero attached hydrogens (tertiary/aromatic N) is 3. The highest BCUT2D eigenvalue weighted by atomic mass is 16.6. The first kappa shape index (κ1) is 22.7. The number of amides is 1. The molecule has 1 aromatic rings. The maximum absolute atomic E-state index is 12.4. The number of rotatable bonds is 11. The van der Waals surface area contributed by atoms with Gasteiger partial charge in [0, 0.05) is 19.6 Å². The fraction of sp³-hybridized carbons (Fsp3) is 0.467. The summed E-state index contributed by atoms with van der Waals surface area (Å²) >= 11 is 0. The van der Waals surface area contributed by atoms with Crippen molar-refractivity contribution >= 4 is 28.9 Å². The van der Waals surface area contributed by atoms with Crippen molar-refractivity contribution in [1.82, 2.24) is 5.32 Å². The number of hydrogen-bond donors (Lipinski definition) is 3. The number of ether oxygens (including phenoxy) is 1. The van der Waals surface area contributed by atoms with Crippen molar-refractivity contribution in [2.45, 2.75) is 6.42 Å². The molecule has 0 heterocycles. The lowest BCUT2D eigenvalue weighted by Crippen LogP contribution is -2.31. The molecule has 13 nitrogen and oxygen atoms in total. The molecular weight excluding hydrogens is 380 g/mol. The van der Waals surface area contributed by atoms with Crippen molar-refractivity contribution in [3.05, 3.63) is 37.9 Å². The van der Waals surface area contributed by atoms with Crippen LogP contribution in [0.5, 0.6) is 0 Å². The Kier molecular flexibility index (Phi) is 8.71. The number of nitro benzene ring substituents is 2. The lowest BCUT2D eigenvalue weighted by molar-refractivity contribution is -0.393. The Hall–Kier alpha value is -3.32. The van der Waals surface area contributed by atoms with Crippen molar-refractivity contribution < 1.29 is 34.4 Å². The lowest BCUT2D eigenvalue weighted by Gasteiger charge is -2.23. The molecule has 13 heteroatoms. The summed E-state index contributed by atoms with van der Waals surface area (Å²) in [5, 5.41) is 43.2. The number of anilines is 1. The van der Waals surface area contributed by atoms with Gasteiger partial charge in [-0.2, -0.15) is 0 Å². The van der Waals surface area contributed by atoms with Gasteiger partial charge in [-0.25, -0.2) is 0 Å². The molecule has 0 aromatic heterocycles. The fourth-order valence-corrected chi connectivity index (χ4v) is 2.37. The summed E-state index contributed by atoms with van der Waals surface area (Å²) in [7, 11) is 1.16. The molecule has 0 saturated carbocycles. The van der Waals surface area contributed by atoms with E-state index in [0.717, 1.165) is 13.2 Å². The van der Waals surface area contributed by atoms with Crippen molar-refractivity contribution in [2.75, 3.05) is 44.9 Å². The summed E-state index contributed by atoms with van der Waals surface area (Å²) in [5.41, 5.74) is -2.08. The summed E-state index contributed by atoms with van der Waals surface area (Å²) < 4.78 is 4.42. The number of aliphatic hydroxyl groups excluding tert-OH is 2. The molecule has 0 radical (unpaired) electrons.